The lowest BCUT2D eigenvalue weighted by Gasteiger charge is -2.31. The van der Waals surface area contributed by atoms with E-state index in [1.54, 1.807) is 19.1 Å². The van der Waals surface area contributed by atoms with E-state index in [0.717, 1.165) is 12.4 Å². The molecular weight excluding hydrogens is 387 g/mol. The molecule has 1 unspecified atom stereocenters. The van der Waals surface area contributed by atoms with E-state index in [0.29, 0.717) is 30.6 Å². The summed E-state index contributed by atoms with van der Waals surface area (Å²) in [4.78, 5) is 18.9. The monoisotopic (exact) mass is 408 g/mol. The summed E-state index contributed by atoms with van der Waals surface area (Å²) >= 11 is 0. The number of carbonyl (C=O) groups excluding carboxylic acids is 1. The van der Waals surface area contributed by atoms with E-state index in [1.165, 1.54) is 17.3 Å². The van der Waals surface area contributed by atoms with E-state index in [9.17, 15) is 17.6 Å². The van der Waals surface area contributed by atoms with Crippen molar-refractivity contribution < 1.29 is 22.3 Å². The second-order valence-corrected chi connectivity index (χ2v) is 8.50. The molecule has 0 aliphatic carbocycles. The maximum Gasteiger partial charge on any atom is 0.316 e. The van der Waals surface area contributed by atoms with Gasteiger partial charge in [0.1, 0.15) is 6.10 Å². The van der Waals surface area contributed by atoms with Gasteiger partial charge in [0, 0.05) is 19.2 Å². The van der Waals surface area contributed by atoms with E-state index >= 15 is 0 Å². The predicted octanol–water partition coefficient (Wildman–Crippen LogP) is 2.11. The third kappa shape index (κ3) is 4.63. The average molecular weight is 408 g/mol. The van der Waals surface area contributed by atoms with Crippen LogP contribution in [-0.4, -0.2) is 47.8 Å². The van der Waals surface area contributed by atoms with Crippen LogP contribution in [0, 0.1) is 12.7 Å². The van der Waals surface area contributed by atoms with Crippen molar-refractivity contribution in [2.75, 3.05) is 18.4 Å². The van der Waals surface area contributed by atoms with Gasteiger partial charge in [-0.2, -0.15) is 4.31 Å². The molecule has 2 heterocycles. The van der Waals surface area contributed by atoms with Crippen LogP contribution in [0.25, 0.3) is 0 Å². The Bertz CT molecular complexity index is 966. The number of amides is 1. The molecule has 3 rings (SSSR count). The highest BCUT2D eigenvalue weighted by Crippen LogP contribution is 2.26. The van der Waals surface area contributed by atoms with Crippen molar-refractivity contribution in [2.24, 2.45) is 0 Å². The normalized spacial score (nSPS) is 17.9. The Hall–Kier alpha value is -2.59. The molecule has 1 aliphatic heterocycles. The molecule has 1 aromatic heterocycles. The molecule has 0 spiro atoms. The van der Waals surface area contributed by atoms with Crippen molar-refractivity contribution >= 4 is 21.6 Å². The lowest BCUT2D eigenvalue weighted by Crippen LogP contribution is -2.44. The number of carbonyl (C=O) groups is 1. The third-order valence-corrected chi connectivity index (χ3v) is 6.35. The molecule has 0 radical (unpaired) electrons. The largest absolute Gasteiger partial charge is 0.459 e. The zero-order valence-electron chi connectivity index (χ0n) is 15.6. The molecule has 28 heavy (non-hydrogen) atoms. The molecule has 10 heteroatoms. The Kier molecular flexibility index (Phi) is 5.90. The summed E-state index contributed by atoms with van der Waals surface area (Å²) in [5.74, 6) is -0.799. The van der Waals surface area contributed by atoms with Crippen molar-refractivity contribution in [3.8, 4) is 6.01 Å². The van der Waals surface area contributed by atoms with Crippen LogP contribution in [0.1, 0.15) is 25.3 Å². The molecule has 150 valence electrons. The van der Waals surface area contributed by atoms with Gasteiger partial charge in [-0.25, -0.2) is 22.8 Å². The van der Waals surface area contributed by atoms with Crippen LogP contribution >= 0.6 is 0 Å². The minimum Gasteiger partial charge on any atom is -0.459 e. The van der Waals surface area contributed by atoms with E-state index in [4.69, 9.17) is 4.74 Å². The molecule has 1 N–H and O–H groups in total. The van der Waals surface area contributed by atoms with Crippen LogP contribution in [0.3, 0.4) is 0 Å². The highest BCUT2D eigenvalue weighted by atomic mass is 32.2. The van der Waals surface area contributed by atoms with Gasteiger partial charge in [0.25, 0.3) is 0 Å². The summed E-state index contributed by atoms with van der Waals surface area (Å²) in [6, 6.07) is 4.69. The van der Waals surface area contributed by atoms with Crippen LogP contribution in [0.4, 0.5) is 10.1 Å². The number of hydrogen-bond acceptors (Lipinski definition) is 6. The van der Waals surface area contributed by atoms with Gasteiger partial charge in [-0.3, -0.25) is 4.79 Å². The summed E-state index contributed by atoms with van der Waals surface area (Å²) in [5.41, 5.74) is 1.08. The number of nitrogens with one attached hydrogen (secondary N) is 1. The third-order valence-electron chi connectivity index (χ3n) is 4.32. The van der Waals surface area contributed by atoms with Crippen molar-refractivity contribution in [1.29, 1.82) is 0 Å². The first-order chi connectivity index (χ1) is 13.3. The first-order valence-corrected chi connectivity index (χ1v) is 10.2. The summed E-state index contributed by atoms with van der Waals surface area (Å²) < 4.78 is 46.1. The fourth-order valence-electron chi connectivity index (χ4n) is 3.09. The van der Waals surface area contributed by atoms with Gasteiger partial charge >= 0.3 is 6.01 Å². The fraction of sp³-hybridized carbons (Fsp3) is 0.389. The van der Waals surface area contributed by atoms with E-state index in [1.807, 2.05) is 0 Å². The molecule has 0 bridgehead atoms. The second kappa shape index (κ2) is 8.19. The predicted molar refractivity (Wildman–Crippen MR) is 99.9 cm³/mol. The Morgan fingerprint density at radius 2 is 2.04 bits per heavy atom. The van der Waals surface area contributed by atoms with Crippen LogP contribution in [-0.2, 0) is 14.8 Å². The first kappa shape index (κ1) is 20.2. The molecular formula is C18H21FN4O4S. The average Bonchev–Trinajstić information content (AvgIpc) is 2.63. The highest BCUT2D eigenvalue weighted by molar-refractivity contribution is 7.89. The van der Waals surface area contributed by atoms with E-state index in [2.05, 4.69) is 15.3 Å². The number of nitrogens with zero attached hydrogens (tertiary/aromatic N) is 3. The zero-order chi connectivity index (χ0) is 20.3. The number of piperidine rings is 1. The van der Waals surface area contributed by atoms with Gasteiger partial charge in [0.05, 0.1) is 23.8 Å². The zero-order valence-corrected chi connectivity index (χ0v) is 16.4. The molecule has 1 amide bonds. The molecule has 0 saturated carbocycles. The van der Waals surface area contributed by atoms with Crippen molar-refractivity contribution in [2.45, 2.75) is 37.7 Å². The lowest BCUT2D eigenvalue weighted by molar-refractivity contribution is -0.114. The van der Waals surface area contributed by atoms with Crippen LogP contribution in [0.15, 0.2) is 35.5 Å². The van der Waals surface area contributed by atoms with Crippen molar-refractivity contribution in [1.82, 2.24) is 14.3 Å². The molecule has 8 nitrogen and oxygen atoms in total. The number of benzene rings is 1. The van der Waals surface area contributed by atoms with Crippen LogP contribution in [0.5, 0.6) is 6.01 Å². The van der Waals surface area contributed by atoms with E-state index < -0.39 is 21.9 Å². The minimum absolute atomic E-state index is 0.0153. The van der Waals surface area contributed by atoms with Gasteiger partial charge < -0.3 is 10.1 Å². The second-order valence-electron chi connectivity index (χ2n) is 6.59. The Labute approximate surface area is 162 Å². The summed E-state index contributed by atoms with van der Waals surface area (Å²) in [6.45, 7) is 3.59. The topological polar surface area (TPSA) is 101 Å². The van der Waals surface area contributed by atoms with Gasteiger partial charge in [-0.05, 0) is 43.5 Å². The molecule has 1 atom stereocenters. The number of halogens is 1. The van der Waals surface area contributed by atoms with E-state index in [-0.39, 0.29) is 23.4 Å². The minimum atomic E-state index is -3.73. The smallest absolute Gasteiger partial charge is 0.316 e. The fourth-order valence-corrected chi connectivity index (χ4v) is 4.80. The number of anilines is 1. The number of aromatic nitrogens is 2. The quantitative estimate of drug-likeness (QED) is 0.813. The Morgan fingerprint density at radius 1 is 1.32 bits per heavy atom. The summed E-state index contributed by atoms with van der Waals surface area (Å²) in [6.07, 6.45) is 2.84. The van der Waals surface area contributed by atoms with Gasteiger partial charge in [0.2, 0.25) is 15.9 Å². The number of ether oxygens (including phenoxy) is 1. The Morgan fingerprint density at radius 3 is 2.68 bits per heavy atom. The molecule has 2 aromatic rings. The van der Waals surface area contributed by atoms with Crippen LogP contribution in [0.2, 0.25) is 0 Å². The van der Waals surface area contributed by atoms with Crippen LogP contribution < -0.4 is 10.1 Å². The SMILES string of the molecule is CC(=O)Nc1ccc(S(=O)(=O)N2CCCC(Oc3ncc(F)cn3)C2)c(C)c1. The number of rotatable bonds is 5. The summed E-state index contributed by atoms with van der Waals surface area (Å²) in [7, 11) is -3.73. The van der Waals surface area contributed by atoms with Crippen molar-refractivity contribution in [3.05, 3.63) is 42.0 Å². The maximum atomic E-state index is 13.1. The molecule has 1 saturated heterocycles. The highest BCUT2D eigenvalue weighted by Gasteiger charge is 2.32. The van der Waals surface area contributed by atoms with Gasteiger partial charge in [-0.15, -0.1) is 0 Å². The first-order valence-electron chi connectivity index (χ1n) is 8.78. The lowest BCUT2D eigenvalue weighted by atomic mass is 10.1. The summed E-state index contributed by atoms with van der Waals surface area (Å²) in [5, 5.41) is 2.63. The number of aryl methyl sites for hydroxylation is 1. The number of hydrogen-bond donors (Lipinski definition) is 1. The van der Waals surface area contributed by atoms with Gasteiger partial charge in [-0.1, -0.05) is 0 Å². The molecule has 1 aromatic carbocycles. The molecule has 1 aliphatic rings. The maximum absolute atomic E-state index is 13.1. The van der Waals surface area contributed by atoms with Gasteiger partial charge in [0.15, 0.2) is 5.82 Å². The van der Waals surface area contributed by atoms with Crippen molar-refractivity contribution in [3.63, 3.8) is 0 Å². The Balaban J connectivity index is 1.75. The standard InChI is InChI=1S/C18H21FN4O4S/c1-12-8-15(22-13(2)24)5-6-17(12)28(25,26)23-7-3-4-16(11-23)27-18-20-9-14(19)10-21-18/h5-6,8-10,16H,3-4,7,11H2,1-2H3,(H,22,24). The number of sulfonamides is 1. The molecule has 1 fully saturated rings.